The quantitative estimate of drug-likeness (QED) is 0.702. The van der Waals surface area contributed by atoms with Crippen molar-refractivity contribution in [1.82, 2.24) is 9.29 Å². The van der Waals surface area contributed by atoms with Gasteiger partial charge in [0.2, 0.25) is 15.9 Å². The van der Waals surface area contributed by atoms with Crippen LogP contribution in [0.2, 0.25) is 0 Å². The molecule has 9 heteroatoms. The first-order chi connectivity index (χ1) is 13.4. The lowest BCUT2D eigenvalue weighted by Gasteiger charge is -2.31. The molecule has 4 rings (SSSR count). The molecule has 2 aromatic carbocycles. The van der Waals surface area contributed by atoms with Crippen molar-refractivity contribution in [1.29, 1.82) is 0 Å². The number of nitrogens with zero attached hydrogens (tertiary/aromatic N) is 2. The predicted molar refractivity (Wildman–Crippen MR) is 106 cm³/mol. The number of sulfonamides is 1. The number of thiazole rings is 1. The van der Waals surface area contributed by atoms with Gasteiger partial charge in [-0.2, -0.15) is 4.31 Å². The minimum absolute atomic E-state index is 0.0288. The Hall–Kier alpha value is -2.36. The molecule has 1 aromatic heterocycles. The number of amides is 1. The van der Waals surface area contributed by atoms with E-state index in [2.05, 4.69) is 10.3 Å². The lowest BCUT2D eigenvalue weighted by atomic mass is 9.99. The van der Waals surface area contributed by atoms with E-state index >= 15 is 0 Å². The van der Waals surface area contributed by atoms with Crippen LogP contribution < -0.4 is 5.32 Å². The summed E-state index contributed by atoms with van der Waals surface area (Å²) in [5.41, 5.74) is 0.812. The molecule has 0 aliphatic carbocycles. The molecule has 3 aromatic rings. The van der Waals surface area contributed by atoms with Crippen LogP contribution >= 0.6 is 11.3 Å². The second kappa shape index (κ2) is 7.57. The number of hydrogen-bond acceptors (Lipinski definition) is 5. The van der Waals surface area contributed by atoms with Crippen molar-refractivity contribution in [2.75, 3.05) is 18.4 Å². The van der Waals surface area contributed by atoms with Crippen molar-refractivity contribution in [2.45, 2.75) is 17.7 Å². The minimum Gasteiger partial charge on any atom is -0.302 e. The van der Waals surface area contributed by atoms with Gasteiger partial charge in [0.25, 0.3) is 0 Å². The van der Waals surface area contributed by atoms with E-state index in [0.717, 1.165) is 22.3 Å². The van der Waals surface area contributed by atoms with Crippen LogP contribution in [0.3, 0.4) is 0 Å². The van der Waals surface area contributed by atoms with E-state index < -0.39 is 21.8 Å². The number of carbonyl (C=O) groups excluding carboxylic acids is 1. The molecule has 28 heavy (non-hydrogen) atoms. The fraction of sp³-hybridized carbons (Fsp3) is 0.263. The summed E-state index contributed by atoms with van der Waals surface area (Å²) in [6, 6.07) is 12.3. The SMILES string of the molecule is O=C(Nc1nc2ccccc2s1)[C@@H]1CCCN(S(=O)(=O)c2ccc(F)cc2)C1. The summed E-state index contributed by atoms with van der Waals surface area (Å²) in [6.45, 7) is 0.432. The third-order valence-electron chi connectivity index (χ3n) is 4.73. The van der Waals surface area contributed by atoms with Gasteiger partial charge in [0.05, 0.1) is 21.0 Å². The number of fused-ring (bicyclic) bond motifs is 1. The van der Waals surface area contributed by atoms with E-state index in [0.29, 0.717) is 24.5 Å². The molecular formula is C19H18FN3O3S2. The molecule has 0 radical (unpaired) electrons. The van der Waals surface area contributed by atoms with Crippen molar-refractivity contribution < 1.29 is 17.6 Å². The van der Waals surface area contributed by atoms with Crippen molar-refractivity contribution in [3.63, 3.8) is 0 Å². The van der Waals surface area contributed by atoms with Gasteiger partial charge in [-0.15, -0.1) is 0 Å². The highest BCUT2D eigenvalue weighted by atomic mass is 32.2. The molecule has 1 saturated heterocycles. The van der Waals surface area contributed by atoms with Crippen LogP contribution in [0.4, 0.5) is 9.52 Å². The Morgan fingerprint density at radius 2 is 1.93 bits per heavy atom. The summed E-state index contributed by atoms with van der Waals surface area (Å²) < 4.78 is 41.0. The molecule has 1 N–H and O–H groups in total. The maximum absolute atomic E-state index is 13.1. The average Bonchev–Trinajstić information content (AvgIpc) is 3.10. The molecule has 6 nitrogen and oxygen atoms in total. The Balaban J connectivity index is 1.48. The molecule has 1 amide bonds. The molecule has 0 saturated carbocycles. The number of anilines is 1. The Morgan fingerprint density at radius 3 is 2.68 bits per heavy atom. The van der Waals surface area contributed by atoms with Crippen molar-refractivity contribution in [3.8, 4) is 0 Å². The first-order valence-corrected chi connectivity index (χ1v) is 11.1. The molecule has 0 spiro atoms. The van der Waals surface area contributed by atoms with Gasteiger partial charge < -0.3 is 5.32 Å². The number of halogens is 1. The Labute approximate surface area is 166 Å². The summed E-state index contributed by atoms with van der Waals surface area (Å²) in [7, 11) is -3.76. The van der Waals surface area contributed by atoms with E-state index in [1.807, 2.05) is 24.3 Å². The Bertz CT molecular complexity index is 1080. The van der Waals surface area contributed by atoms with Crippen molar-refractivity contribution in [2.24, 2.45) is 5.92 Å². The van der Waals surface area contributed by atoms with E-state index in [-0.39, 0.29) is 17.3 Å². The fourth-order valence-electron chi connectivity index (χ4n) is 3.26. The molecule has 146 valence electrons. The number of hydrogen-bond donors (Lipinski definition) is 1. The third kappa shape index (κ3) is 3.78. The predicted octanol–water partition coefficient (Wildman–Crippen LogP) is 3.47. The van der Waals surface area contributed by atoms with E-state index in [9.17, 15) is 17.6 Å². The number of piperidine rings is 1. The number of rotatable bonds is 4. The molecule has 1 atom stereocenters. The zero-order valence-electron chi connectivity index (χ0n) is 14.8. The minimum atomic E-state index is -3.76. The van der Waals surface area contributed by atoms with Gasteiger partial charge in [-0.25, -0.2) is 17.8 Å². The second-order valence-electron chi connectivity index (χ2n) is 6.63. The molecule has 2 heterocycles. The number of benzene rings is 2. The standard InChI is InChI=1S/C19H18FN3O3S2/c20-14-7-9-15(10-8-14)28(25,26)23-11-3-4-13(12-23)18(24)22-19-21-16-5-1-2-6-17(16)27-19/h1-2,5-10,13H,3-4,11-12H2,(H,21,22,24)/t13-/m1/s1. The third-order valence-corrected chi connectivity index (χ3v) is 7.56. The summed E-state index contributed by atoms with van der Waals surface area (Å²) in [5.74, 6) is -1.19. The van der Waals surface area contributed by atoms with Crippen LogP contribution in [0.25, 0.3) is 10.2 Å². The molecule has 0 bridgehead atoms. The first-order valence-electron chi connectivity index (χ1n) is 8.85. The number of para-hydroxylation sites is 1. The van der Waals surface area contributed by atoms with Gasteiger partial charge >= 0.3 is 0 Å². The molecule has 0 unspecified atom stereocenters. The highest BCUT2D eigenvalue weighted by molar-refractivity contribution is 7.89. The lowest BCUT2D eigenvalue weighted by Crippen LogP contribution is -2.43. The van der Waals surface area contributed by atoms with Gasteiger partial charge in [0.15, 0.2) is 5.13 Å². The Morgan fingerprint density at radius 1 is 1.18 bits per heavy atom. The molecular weight excluding hydrogens is 401 g/mol. The molecule has 1 fully saturated rings. The molecule has 1 aliphatic rings. The first kappa shape index (κ1) is 19.0. The number of aromatic nitrogens is 1. The van der Waals surface area contributed by atoms with Gasteiger partial charge in [-0.3, -0.25) is 4.79 Å². The molecule has 1 aliphatic heterocycles. The maximum atomic E-state index is 13.1. The second-order valence-corrected chi connectivity index (χ2v) is 9.60. The summed E-state index contributed by atoms with van der Waals surface area (Å²) in [5, 5.41) is 3.32. The summed E-state index contributed by atoms with van der Waals surface area (Å²) in [6.07, 6.45) is 1.19. The van der Waals surface area contributed by atoms with E-state index in [4.69, 9.17) is 0 Å². The van der Waals surface area contributed by atoms with Gasteiger partial charge in [-0.05, 0) is 49.2 Å². The average molecular weight is 420 g/mol. The van der Waals surface area contributed by atoms with Crippen LogP contribution in [-0.4, -0.2) is 36.7 Å². The van der Waals surface area contributed by atoms with E-state index in [1.54, 1.807) is 0 Å². The Kier molecular flexibility index (Phi) is 5.13. The topological polar surface area (TPSA) is 79.4 Å². The summed E-state index contributed by atoms with van der Waals surface area (Å²) >= 11 is 1.38. The van der Waals surface area contributed by atoms with Gasteiger partial charge in [-0.1, -0.05) is 23.5 Å². The van der Waals surface area contributed by atoms with Crippen LogP contribution in [-0.2, 0) is 14.8 Å². The highest BCUT2D eigenvalue weighted by Gasteiger charge is 2.33. The maximum Gasteiger partial charge on any atom is 0.243 e. The highest BCUT2D eigenvalue weighted by Crippen LogP contribution is 2.28. The van der Waals surface area contributed by atoms with Crippen LogP contribution in [0, 0.1) is 11.7 Å². The van der Waals surface area contributed by atoms with Crippen molar-refractivity contribution >= 4 is 42.6 Å². The van der Waals surface area contributed by atoms with Crippen LogP contribution in [0.15, 0.2) is 53.4 Å². The summed E-state index contributed by atoms with van der Waals surface area (Å²) in [4.78, 5) is 17.1. The van der Waals surface area contributed by atoms with Crippen molar-refractivity contribution in [3.05, 3.63) is 54.3 Å². The zero-order valence-corrected chi connectivity index (χ0v) is 16.5. The smallest absolute Gasteiger partial charge is 0.243 e. The van der Waals surface area contributed by atoms with E-state index in [1.165, 1.54) is 27.8 Å². The number of carbonyl (C=O) groups is 1. The van der Waals surface area contributed by atoms with Gasteiger partial charge in [0, 0.05) is 13.1 Å². The lowest BCUT2D eigenvalue weighted by molar-refractivity contribution is -0.120. The largest absolute Gasteiger partial charge is 0.302 e. The number of nitrogens with one attached hydrogen (secondary N) is 1. The monoisotopic (exact) mass is 419 g/mol. The van der Waals surface area contributed by atoms with Crippen LogP contribution in [0.5, 0.6) is 0 Å². The van der Waals surface area contributed by atoms with Crippen LogP contribution in [0.1, 0.15) is 12.8 Å². The zero-order chi connectivity index (χ0) is 19.7. The normalized spacial score (nSPS) is 18.2. The fourth-order valence-corrected chi connectivity index (χ4v) is 5.66. The van der Waals surface area contributed by atoms with Gasteiger partial charge in [0.1, 0.15) is 5.82 Å².